The van der Waals surface area contributed by atoms with Crippen LogP contribution >= 0.6 is 0 Å². The molecular weight excluding hydrogens is 338 g/mol. The zero-order valence-corrected chi connectivity index (χ0v) is 16.0. The molecule has 3 rings (SSSR count). The van der Waals surface area contributed by atoms with Crippen molar-refractivity contribution in [3.63, 3.8) is 0 Å². The molecule has 0 bridgehead atoms. The van der Waals surface area contributed by atoms with Gasteiger partial charge in [-0.2, -0.15) is 10.1 Å². The molecule has 0 fully saturated rings. The number of nitrogens with one attached hydrogen (secondary N) is 1. The number of hydrogen-bond donors (Lipinski definition) is 1. The summed E-state index contributed by atoms with van der Waals surface area (Å²) in [4.78, 5) is 21.4. The van der Waals surface area contributed by atoms with Crippen LogP contribution in [0.4, 0.5) is 5.95 Å². The van der Waals surface area contributed by atoms with Crippen molar-refractivity contribution in [2.75, 3.05) is 12.4 Å². The lowest BCUT2D eigenvalue weighted by Crippen LogP contribution is -2.11. The highest BCUT2D eigenvalue weighted by molar-refractivity contribution is 6.09. The number of aromatic nitrogens is 3. The number of benzene rings is 2. The van der Waals surface area contributed by atoms with Crippen LogP contribution in [0, 0.1) is 0 Å². The van der Waals surface area contributed by atoms with Crippen LogP contribution in [0.15, 0.2) is 59.6 Å². The van der Waals surface area contributed by atoms with E-state index in [0.29, 0.717) is 22.9 Å². The van der Waals surface area contributed by atoms with Gasteiger partial charge < -0.3 is 5.32 Å². The first-order valence-electron chi connectivity index (χ1n) is 8.80. The van der Waals surface area contributed by atoms with Crippen LogP contribution < -0.4 is 5.32 Å². The van der Waals surface area contributed by atoms with E-state index in [4.69, 9.17) is 0 Å². The van der Waals surface area contributed by atoms with Crippen LogP contribution in [0.3, 0.4) is 0 Å². The Hall–Kier alpha value is -3.28. The average Bonchev–Trinajstić information content (AvgIpc) is 3.07. The van der Waals surface area contributed by atoms with Gasteiger partial charge in [-0.1, -0.05) is 55.5 Å². The molecule has 1 N–H and O–H groups in total. The maximum absolute atomic E-state index is 12.7. The predicted molar refractivity (Wildman–Crippen MR) is 107 cm³/mol. The van der Waals surface area contributed by atoms with Crippen molar-refractivity contribution < 1.29 is 4.79 Å². The first-order chi connectivity index (χ1) is 13.0. The second kappa shape index (κ2) is 7.95. The summed E-state index contributed by atoms with van der Waals surface area (Å²) in [5.41, 5.74) is 2.34. The Labute approximate surface area is 159 Å². The van der Waals surface area contributed by atoms with Gasteiger partial charge in [-0.3, -0.25) is 9.79 Å². The molecule has 2 aromatic carbocycles. The van der Waals surface area contributed by atoms with Gasteiger partial charge in [0.15, 0.2) is 11.6 Å². The highest BCUT2D eigenvalue weighted by Crippen LogP contribution is 2.24. The highest BCUT2D eigenvalue weighted by Gasteiger charge is 2.18. The lowest BCUT2D eigenvalue weighted by atomic mass is 9.95. The topological polar surface area (TPSA) is 72.2 Å². The number of aryl methyl sites for hydroxylation is 1. The third-order valence-corrected chi connectivity index (χ3v) is 4.48. The minimum atomic E-state index is -0.0471. The van der Waals surface area contributed by atoms with Gasteiger partial charge in [0.2, 0.25) is 5.95 Å². The van der Waals surface area contributed by atoms with Crippen molar-refractivity contribution in [1.82, 2.24) is 14.8 Å². The third kappa shape index (κ3) is 4.11. The minimum Gasteiger partial charge on any atom is -0.313 e. The van der Waals surface area contributed by atoms with E-state index >= 15 is 0 Å². The van der Waals surface area contributed by atoms with Crippen molar-refractivity contribution in [3.05, 3.63) is 77.1 Å². The molecule has 0 spiro atoms. The fourth-order valence-electron chi connectivity index (χ4n) is 2.77. The Morgan fingerprint density at radius 2 is 1.81 bits per heavy atom. The van der Waals surface area contributed by atoms with E-state index in [0.717, 1.165) is 11.4 Å². The van der Waals surface area contributed by atoms with Crippen molar-refractivity contribution in [2.24, 2.45) is 12.0 Å². The van der Waals surface area contributed by atoms with Gasteiger partial charge in [-0.05, 0) is 18.6 Å². The quantitative estimate of drug-likeness (QED) is 0.428. The second-order valence-electron chi connectivity index (χ2n) is 6.39. The largest absolute Gasteiger partial charge is 0.313 e. The van der Waals surface area contributed by atoms with Crippen LogP contribution in [0.1, 0.15) is 47.1 Å². The number of carbonyl (C=O) groups excluding carboxylic acids is 1. The summed E-state index contributed by atoms with van der Waals surface area (Å²) in [6.45, 7) is 3.91. The predicted octanol–water partition coefficient (Wildman–Crippen LogP) is 3.66. The van der Waals surface area contributed by atoms with Crippen molar-refractivity contribution in [2.45, 2.75) is 19.8 Å². The van der Waals surface area contributed by atoms with Gasteiger partial charge in [0.05, 0.1) is 5.84 Å². The molecule has 0 radical (unpaired) electrons. The maximum Gasteiger partial charge on any atom is 0.226 e. The number of rotatable bonds is 5. The van der Waals surface area contributed by atoms with Crippen molar-refractivity contribution in [1.29, 1.82) is 0 Å². The van der Waals surface area contributed by atoms with E-state index in [-0.39, 0.29) is 11.7 Å². The molecule has 6 nitrogen and oxygen atoms in total. The number of carbonyl (C=O) groups is 1. The molecule has 138 valence electrons. The first kappa shape index (κ1) is 18.5. The van der Waals surface area contributed by atoms with Gasteiger partial charge >= 0.3 is 0 Å². The number of nitrogens with zero attached hydrogens (tertiary/aromatic N) is 4. The number of hydrogen-bond acceptors (Lipinski definition) is 4. The Kier molecular flexibility index (Phi) is 5.45. The lowest BCUT2D eigenvalue weighted by Gasteiger charge is -2.10. The number of aliphatic imine (C=N–C) groups is 1. The molecule has 1 heterocycles. The summed E-state index contributed by atoms with van der Waals surface area (Å²) in [5.74, 6) is 2.05. The summed E-state index contributed by atoms with van der Waals surface area (Å²) in [7, 11) is 3.56. The minimum absolute atomic E-state index is 0.00997. The molecule has 0 aliphatic carbocycles. The second-order valence-corrected chi connectivity index (χ2v) is 6.39. The van der Waals surface area contributed by atoms with Gasteiger partial charge in [-0.25, -0.2) is 4.68 Å². The molecule has 27 heavy (non-hydrogen) atoms. The number of ketones is 1. The fraction of sp³-hybridized carbons (Fsp3) is 0.238. The zero-order valence-electron chi connectivity index (χ0n) is 16.0. The molecule has 0 aliphatic rings. The molecule has 0 saturated heterocycles. The Balaban J connectivity index is 1.87. The number of anilines is 1. The summed E-state index contributed by atoms with van der Waals surface area (Å²) in [6, 6.07) is 16.9. The third-order valence-electron chi connectivity index (χ3n) is 4.48. The van der Waals surface area contributed by atoms with E-state index in [1.54, 1.807) is 11.7 Å². The van der Waals surface area contributed by atoms with E-state index in [1.165, 1.54) is 0 Å². The molecule has 1 aromatic heterocycles. The van der Waals surface area contributed by atoms with Crippen molar-refractivity contribution in [3.8, 4) is 0 Å². The van der Waals surface area contributed by atoms with Crippen LogP contribution in [0.5, 0.6) is 0 Å². The molecule has 0 amide bonds. The van der Waals surface area contributed by atoms with E-state index in [9.17, 15) is 4.79 Å². The summed E-state index contributed by atoms with van der Waals surface area (Å²) in [5, 5.41) is 7.63. The summed E-state index contributed by atoms with van der Waals surface area (Å²) < 4.78 is 1.69. The molecule has 3 aromatic rings. The van der Waals surface area contributed by atoms with E-state index < -0.39 is 0 Å². The van der Waals surface area contributed by atoms with Gasteiger partial charge in [0.25, 0.3) is 0 Å². The summed E-state index contributed by atoms with van der Waals surface area (Å²) in [6.07, 6.45) is 0. The average molecular weight is 361 g/mol. The smallest absolute Gasteiger partial charge is 0.226 e. The van der Waals surface area contributed by atoms with E-state index in [2.05, 4.69) is 20.4 Å². The Morgan fingerprint density at radius 3 is 2.52 bits per heavy atom. The first-order valence-corrected chi connectivity index (χ1v) is 8.80. The molecule has 0 aliphatic heterocycles. The van der Waals surface area contributed by atoms with Crippen LogP contribution in [-0.2, 0) is 7.05 Å². The van der Waals surface area contributed by atoms with Crippen LogP contribution in [0.2, 0.25) is 0 Å². The highest BCUT2D eigenvalue weighted by atomic mass is 16.1. The van der Waals surface area contributed by atoms with Gasteiger partial charge in [0.1, 0.15) is 0 Å². The SMILES string of the molecule is CN=C(C)Nc1nc(C(C)c2cccc(C(=O)c3ccccc3)c2)nn1C. The monoisotopic (exact) mass is 361 g/mol. The maximum atomic E-state index is 12.7. The summed E-state index contributed by atoms with van der Waals surface area (Å²) >= 11 is 0. The molecule has 1 unspecified atom stereocenters. The molecule has 0 saturated carbocycles. The van der Waals surface area contributed by atoms with E-state index in [1.807, 2.05) is 75.5 Å². The normalized spacial score (nSPS) is 12.7. The van der Waals surface area contributed by atoms with Crippen molar-refractivity contribution >= 4 is 17.6 Å². The Bertz CT molecular complexity index is 975. The molecule has 6 heteroatoms. The zero-order chi connectivity index (χ0) is 19.4. The number of amidine groups is 1. The van der Waals surface area contributed by atoms with Gasteiger partial charge in [-0.15, -0.1) is 0 Å². The van der Waals surface area contributed by atoms with Crippen LogP contribution in [0.25, 0.3) is 0 Å². The van der Waals surface area contributed by atoms with Gasteiger partial charge in [0, 0.05) is 31.1 Å². The molecular formula is C21H23N5O. The Morgan fingerprint density at radius 1 is 1.11 bits per heavy atom. The fourth-order valence-corrected chi connectivity index (χ4v) is 2.77. The molecule has 1 atom stereocenters. The van der Waals surface area contributed by atoms with Crippen LogP contribution in [-0.4, -0.2) is 33.4 Å². The standard InChI is InChI=1S/C21H23N5O/c1-14(20-24-21(26(4)25-20)23-15(2)22-3)17-11-8-12-18(13-17)19(27)16-9-6-5-7-10-16/h5-14H,1-4H3,(H,22,23,24,25). The lowest BCUT2D eigenvalue weighted by molar-refractivity contribution is 0.103.